The summed E-state index contributed by atoms with van der Waals surface area (Å²) >= 11 is 0. The molecule has 0 unspecified atom stereocenters. The lowest BCUT2D eigenvalue weighted by Gasteiger charge is -2.13. The van der Waals surface area contributed by atoms with Gasteiger partial charge in [-0.1, -0.05) is 18.2 Å². The normalized spacial score (nSPS) is 11.7. The first-order valence-electron chi connectivity index (χ1n) is 5.09. The van der Waals surface area contributed by atoms with Crippen molar-refractivity contribution in [3.8, 4) is 5.75 Å². The maximum absolute atomic E-state index is 11.1. The van der Waals surface area contributed by atoms with Crippen LogP contribution < -0.4 is 4.74 Å². The van der Waals surface area contributed by atoms with Gasteiger partial charge in [-0.05, 0) is 18.6 Å². The number of rotatable bonds is 6. The first-order chi connectivity index (χ1) is 7.50. The lowest BCUT2D eigenvalue weighted by Crippen LogP contribution is -2.27. The van der Waals surface area contributed by atoms with E-state index in [1.807, 2.05) is 30.3 Å². The van der Waals surface area contributed by atoms with Crippen molar-refractivity contribution in [3.05, 3.63) is 30.3 Å². The molecule has 4 nitrogen and oxygen atoms in total. The molecular formula is C11H17NO3S. The molecule has 0 aliphatic carbocycles. The van der Waals surface area contributed by atoms with Crippen LogP contribution in [0.5, 0.6) is 5.75 Å². The minimum atomic E-state index is -3.07. The van der Waals surface area contributed by atoms with E-state index in [1.54, 1.807) is 7.05 Å². The maximum Gasteiger partial charge on any atom is 0.210 e. The van der Waals surface area contributed by atoms with Gasteiger partial charge < -0.3 is 4.74 Å². The third kappa shape index (κ3) is 4.63. The molecule has 1 aromatic carbocycles. The van der Waals surface area contributed by atoms with Crippen molar-refractivity contribution in [2.24, 2.45) is 0 Å². The topological polar surface area (TPSA) is 46.6 Å². The van der Waals surface area contributed by atoms with Crippen LogP contribution in [0.25, 0.3) is 0 Å². The highest BCUT2D eigenvalue weighted by atomic mass is 32.2. The van der Waals surface area contributed by atoms with Crippen LogP contribution in [0.3, 0.4) is 0 Å². The van der Waals surface area contributed by atoms with Gasteiger partial charge in [0.05, 0.1) is 12.9 Å². The maximum atomic E-state index is 11.1. The zero-order chi connectivity index (χ0) is 12.0. The van der Waals surface area contributed by atoms with E-state index in [2.05, 4.69) is 0 Å². The molecule has 0 heterocycles. The molecular weight excluding hydrogens is 226 g/mol. The van der Waals surface area contributed by atoms with Gasteiger partial charge in [0.25, 0.3) is 0 Å². The molecule has 0 radical (unpaired) electrons. The fourth-order valence-corrected chi connectivity index (χ4v) is 1.62. The highest BCUT2D eigenvalue weighted by Gasteiger charge is 2.09. The fourth-order valence-electron chi connectivity index (χ4n) is 1.16. The van der Waals surface area contributed by atoms with Crippen LogP contribution in [-0.2, 0) is 10.0 Å². The predicted octanol–water partition coefficient (Wildman–Crippen LogP) is 1.35. The Kier molecular flexibility index (Phi) is 4.76. The number of ether oxygens (including phenoxy) is 1. The minimum Gasteiger partial charge on any atom is -0.494 e. The monoisotopic (exact) mass is 243 g/mol. The molecule has 0 saturated carbocycles. The second-order valence-corrected chi connectivity index (χ2v) is 5.69. The molecule has 0 atom stereocenters. The molecule has 0 fully saturated rings. The van der Waals surface area contributed by atoms with Crippen molar-refractivity contribution in [2.75, 3.05) is 26.5 Å². The van der Waals surface area contributed by atoms with Crippen molar-refractivity contribution in [3.63, 3.8) is 0 Å². The van der Waals surface area contributed by atoms with E-state index in [0.29, 0.717) is 19.6 Å². The minimum absolute atomic E-state index is 0.478. The van der Waals surface area contributed by atoms with Gasteiger partial charge in [0.15, 0.2) is 0 Å². The van der Waals surface area contributed by atoms with Crippen LogP contribution in [0.15, 0.2) is 30.3 Å². The molecule has 0 amide bonds. The van der Waals surface area contributed by atoms with E-state index in [0.717, 1.165) is 5.75 Å². The summed E-state index contributed by atoms with van der Waals surface area (Å²) < 4.78 is 28.9. The molecule has 1 aromatic rings. The van der Waals surface area contributed by atoms with Crippen molar-refractivity contribution >= 4 is 10.0 Å². The standard InChI is InChI=1S/C11H17NO3S/c1-12(16(2,13)14)9-6-10-15-11-7-4-3-5-8-11/h3-5,7-8H,6,9-10H2,1-2H3. The van der Waals surface area contributed by atoms with E-state index < -0.39 is 10.0 Å². The molecule has 0 N–H and O–H groups in total. The lowest BCUT2D eigenvalue weighted by atomic mass is 10.3. The highest BCUT2D eigenvalue weighted by Crippen LogP contribution is 2.08. The molecule has 0 spiro atoms. The Morgan fingerprint density at radius 3 is 2.44 bits per heavy atom. The third-order valence-electron chi connectivity index (χ3n) is 2.20. The second kappa shape index (κ2) is 5.86. The van der Waals surface area contributed by atoms with E-state index in [-0.39, 0.29) is 0 Å². The van der Waals surface area contributed by atoms with Crippen molar-refractivity contribution in [1.82, 2.24) is 4.31 Å². The van der Waals surface area contributed by atoms with Gasteiger partial charge in [-0.25, -0.2) is 12.7 Å². The Labute approximate surface area is 96.9 Å². The van der Waals surface area contributed by atoms with Gasteiger partial charge in [0.1, 0.15) is 5.75 Å². The van der Waals surface area contributed by atoms with E-state index >= 15 is 0 Å². The second-order valence-electron chi connectivity index (χ2n) is 3.60. The Hall–Kier alpha value is -1.07. The SMILES string of the molecule is CN(CCCOc1ccccc1)S(C)(=O)=O. The van der Waals surface area contributed by atoms with Crippen molar-refractivity contribution < 1.29 is 13.2 Å². The predicted molar refractivity (Wildman–Crippen MR) is 64.0 cm³/mol. The highest BCUT2D eigenvalue weighted by molar-refractivity contribution is 7.88. The quantitative estimate of drug-likeness (QED) is 0.708. The summed E-state index contributed by atoms with van der Waals surface area (Å²) in [6, 6.07) is 9.47. The molecule has 16 heavy (non-hydrogen) atoms. The van der Waals surface area contributed by atoms with Crippen LogP contribution >= 0.6 is 0 Å². The Morgan fingerprint density at radius 2 is 1.88 bits per heavy atom. The van der Waals surface area contributed by atoms with Crippen molar-refractivity contribution in [2.45, 2.75) is 6.42 Å². The Bertz CT molecular complexity index is 402. The van der Waals surface area contributed by atoms with Crippen molar-refractivity contribution in [1.29, 1.82) is 0 Å². The Morgan fingerprint density at radius 1 is 1.25 bits per heavy atom. The van der Waals surface area contributed by atoms with E-state index in [1.165, 1.54) is 10.6 Å². The summed E-state index contributed by atoms with van der Waals surface area (Å²) in [6.45, 7) is 0.996. The lowest BCUT2D eigenvalue weighted by molar-refractivity contribution is 0.297. The zero-order valence-corrected chi connectivity index (χ0v) is 10.4. The molecule has 0 aliphatic heterocycles. The largest absolute Gasteiger partial charge is 0.494 e. The molecule has 0 saturated heterocycles. The number of benzene rings is 1. The smallest absolute Gasteiger partial charge is 0.210 e. The van der Waals surface area contributed by atoms with Gasteiger partial charge in [-0.15, -0.1) is 0 Å². The molecule has 0 aliphatic rings. The van der Waals surface area contributed by atoms with Crippen LogP contribution in [0, 0.1) is 0 Å². The fraction of sp³-hybridized carbons (Fsp3) is 0.455. The van der Waals surface area contributed by atoms with Gasteiger partial charge in [-0.3, -0.25) is 0 Å². The van der Waals surface area contributed by atoms with E-state index in [4.69, 9.17) is 4.74 Å². The summed E-state index contributed by atoms with van der Waals surface area (Å²) in [6.07, 6.45) is 1.88. The summed E-state index contributed by atoms with van der Waals surface area (Å²) in [5.41, 5.74) is 0. The number of sulfonamides is 1. The van der Waals surface area contributed by atoms with Crippen LogP contribution in [0.1, 0.15) is 6.42 Å². The van der Waals surface area contributed by atoms with Crippen LogP contribution in [0.4, 0.5) is 0 Å². The van der Waals surface area contributed by atoms with E-state index in [9.17, 15) is 8.42 Å². The van der Waals surface area contributed by atoms with Gasteiger partial charge >= 0.3 is 0 Å². The summed E-state index contributed by atoms with van der Waals surface area (Å²) in [7, 11) is -1.50. The summed E-state index contributed by atoms with van der Waals surface area (Å²) in [5, 5.41) is 0. The number of nitrogens with zero attached hydrogens (tertiary/aromatic N) is 1. The number of hydrogen-bond acceptors (Lipinski definition) is 3. The van der Waals surface area contributed by atoms with Crippen LogP contribution in [-0.4, -0.2) is 39.2 Å². The molecule has 0 aromatic heterocycles. The average Bonchev–Trinajstić information content (AvgIpc) is 2.24. The number of hydrogen-bond donors (Lipinski definition) is 0. The van der Waals surface area contributed by atoms with Gasteiger partial charge in [-0.2, -0.15) is 0 Å². The first kappa shape index (κ1) is 13.0. The first-order valence-corrected chi connectivity index (χ1v) is 6.94. The average molecular weight is 243 g/mol. The summed E-state index contributed by atoms with van der Waals surface area (Å²) in [4.78, 5) is 0. The summed E-state index contributed by atoms with van der Waals surface area (Å²) in [5.74, 6) is 0.810. The van der Waals surface area contributed by atoms with Gasteiger partial charge in [0.2, 0.25) is 10.0 Å². The van der Waals surface area contributed by atoms with Crippen LogP contribution in [0.2, 0.25) is 0 Å². The molecule has 90 valence electrons. The molecule has 1 rings (SSSR count). The van der Waals surface area contributed by atoms with Gasteiger partial charge in [0, 0.05) is 13.6 Å². The number of para-hydroxylation sites is 1. The third-order valence-corrected chi connectivity index (χ3v) is 3.51. The Balaban J connectivity index is 2.23. The molecule has 0 bridgehead atoms. The zero-order valence-electron chi connectivity index (χ0n) is 9.59. The molecule has 5 heteroatoms.